The van der Waals surface area contributed by atoms with Crippen LogP contribution in [0.1, 0.15) is 31.7 Å². The van der Waals surface area contributed by atoms with Crippen LogP contribution in [-0.2, 0) is 4.74 Å². The van der Waals surface area contributed by atoms with E-state index >= 15 is 4.39 Å². The van der Waals surface area contributed by atoms with Crippen molar-refractivity contribution >= 4 is 16.9 Å². The minimum absolute atomic E-state index is 0.0988. The van der Waals surface area contributed by atoms with Gasteiger partial charge in [0.25, 0.3) is 0 Å². The SMILES string of the molecule is Nc1ncnc2c1c(-c1cc(OC[C@@H]3CCCO3)ccc1F)cn2[C@H]1C[C@@H](N2CCNCC2)C1. The molecule has 3 N–H and O–H groups in total. The average molecular weight is 467 g/mol. The maximum Gasteiger partial charge on any atom is 0.146 e. The monoisotopic (exact) mass is 466 g/mol. The summed E-state index contributed by atoms with van der Waals surface area (Å²) in [5, 5.41) is 4.11. The number of benzene rings is 1. The second-order valence-corrected chi connectivity index (χ2v) is 9.56. The van der Waals surface area contributed by atoms with Gasteiger partial charge in [0.15, 0.2) is 0 Å². The second-order valence-electron chi connectivity index (χ2n) is 9.56. The summed E-state index contributed by atoms with van der Waals surface area (Å²) in [7, 11) is 0. The fourth-order valence-corrected chi connectivity index (χ4v) is 5.49. The van der Waals surface area contributed by atoms with Crippen LogP contribution in [0.15, 0.2) is 30.7 Å². The predicted molar refractivity (Wildman–Crippen MR) is 128 cm³/mol. The molecule has 6 rings (SSSR count). The Labute approximate surface area is 198 Å². The van der Waals surface area contributed by atoms with Gasteiger partial charge in [0.1, 0.15) is 36.0 Å². The number of nitrogens with two attached hydrogens (primary N) is 1. The Morgan fingerprint density at radius 3 is 2.79 bits per heavy atom. The maximum absolute atomic E-state index is 15.1. The Bertz CT molecular complexity index is 1170. The molecule has 8 nitrogen and oxygen atoms in total. The van der Waals surface area contributed by atoms with Crippen molar-refractivity contribution in [2.45, 2.75) is 43.9 Å². The number of rotatable bonds is 6. The van der Waals surface area contributed by atoms with Crippen molar-refractivity contribution in [2.75, 3.05) is 45.1 Å². The van der Waals surface area contributed by atoms with Crippen molar-refractivity contribution in [3.63, 3.8) is 0 Å². The van der Waals surface area contributed by atoms with Crippen LogP contribution in [0.25, 0.3) is 22.2 Å². The van der Waals surface area contributed by atoms with Gasteiger partial charge >= 0.3 is 0 Å². The zero-order valence-corrected chi connectivity index (χ0v) is 19.3. The summed E-state index contributed by atoms with van der Waals surface area (Å²) in [5.74, 6) is 0.659. The summed E-state index contributed by atoms with van der Waals surface area (Å²) >= 11 is 0. The Morgan fingerprint density at radius 2 is 2.00 bits per heavy atom. The van der Waals surface area contributed by atoms with Crippen LogP contribution in [0.2, 0.25) is 0 Å². The van der Waals surface area contributed by atoms with Crippen LogP contribution >= 0.6 is 0 Å². The molecule has 2 aromatic heterocycles. The molecule has 0 amide bonds. The van der Waals surface area contributed by atoms with E-state index in [2.05, 4.69) is 24.8 Å². The molecule has 1 saturated carbocycles. The Kier molecular flexibility index (Phi) is 5.84. The molecule has 2 saturated heterocycles. The number of nitrogen functional groups attached to an aromatic ring is 1. The molecule has 2 aliphatic heterocycles. The van der Waals surface area contributed by atoms with Crippen LogP contribution in [0.5, 0.6) is 5.75 Å². The first-order chi connectivity index (χ1) is 16.7. The maximum atomic E-state index is 15.1. The summed E-state index contributed by atoms with van der Waals surface area (Å²) in [6.07, 6.45) is 7.74. The van der Waals surface area contributed by atoms with Gasteiger partial charge in [-0.2, -0.15) is 0 Å². The first-order valence-electron chi connectivity index (χ1n) is 12.3. The van der Waals surface area contributed by atoms with E-state index in [1.807, 2.05) is 6.20 Å². The molecule has 3 aromatic rings. The van der Waals surface area contributed by atoms with Crippen LogP contribution < -0.4 is 15.8 Å². The van der Waals surface area contributed by atoms with E-state index in [1.54, 1.807) is 12.1 Å². The first kappa shape index (κ1) is 21.8. The van der Waals surface area contributed by atoms with Crippen molar-refractivity contribution < 1.29 is 13.9 Å². The Morgan fingerprint density at radius 1 is 1.15 bits per heavy atom. The van der Waals surface area contributed by atoms with E-state index in [1.165, 1.54) is 12.4 Å². The molecule has 3 aliphatic rings. The number of hydrogen-bond acceptors (Lipinski definition) is 7. The van der Waals surface area contributed by atoms with Gasteiger partial charge in [0, 0.05) is 62.2 Å². The number of piperazine rings is 1. The highest BCUT2D eigenvalue weighted by molar-refractivity contribution is 6.01. The highest BCUT2D eigenvalue weighted by Crippen LogP contribution is 2.42. The lowest BCUT2D eigenvalue weighted by molar-refractivity contribution is 0.0679. The normalized spacial score (nSPS) is 25.5. The lowest BCUT2D eigenvalue weighted by atomic mass is 9.85. The van der Waals surface area contributed by atoms with E-state index in [4.69, 9.17) is 15.2 Å². The van der Waals surface area contributed by atoms with Crippen molar-refractivity contribution in [1.29, 1.82) is 0 Å². The van der Waals surface area contributed by atoms with Crippen molar-refractivity contribution in [1.82, 2.24) is 24.8 Å². The zero-order chi connectivity index (χ0) is 23.1. The van der Waals surface area contributed by atoms with E-state index in [-0.39, 0.29) is 11.9 Å². The minimum atomic E-state index is -0.320. The largest absolute Gasteiger partial charge is 0.491 e. The molecule has 0 radical (unpaired) electrons. The number of nitrogens with one attached hydrogen (secondary N) is 1. The van der Waals surface area contributed by atoms with Gasteiger partial charge in [-0.15, -0.1) is 0 Å². The number of hydrogen-bond donors (Lipinski definition) is 2. The van der Waals surface area contributed by atoms with Crippen LogP contribution in [-0.4, -0.2) is 71.0 Å². The summed E-state index contributed by atoms with van der Waals surface area (Å²) in [5.41, 5.74) is 8.21. The summed E-state index contributed by atoms with van der Waals surface area (Å²) < 4.78 is 28.8. The Balaban J connectivity index is 1.29. The van der Waals surface area contributed by atoms with Crippen molar-refractivity contribution in [3.05, 3.63) is 36.5 Å². The third kappa shape index (κ3) is 4.01. The average Bonchev–Trinajstić information content (AvgIpc) is 3.48. The number of nitrogens with zero attached hydrogens (tertiary/aromatic N) is 4. The number of aromatic nitrogens is 3. The molecule has 1 aliphatic carbocycles. The molecule has 180 valence electrons. The topological polar surface area (TPSA) is 90.5 Å². The molecule has 0 unspecified atom stereocenters. The van der Waals surface area contributed by atoms with Gasteiger partial charge in [-0.25, -0.2) is 14.4 Å². The Hall–Kier alpha value is -2.75. The second kappa shape index (κ2) is 9.13. The van der Waals surface area contributed by atoms with Gasteiger partial charge in [-0.1, -0.05) is 0 Å². The number of halogens is 1. The molecule has 9 heteroatoms. The fraction of sp³-hybridized carbons (Fsp3) is 0.520. The fourth-order valence-electron chi connectivity index (χ4n) is 5.49. The van der Waals surface area contributed by atoms with Gasteiger partial charge in [-0.05, 0) is 43.9 Å². The predicted octanol–water partition coefficient (Wildman–Crippen LogP) is 2.99. The summed E-state index contributed by atoms with van der Waals surface area (Å²) in [6.45, 7) is 5.52. The molecule has 0 spiro atoms. The summed E-state index contributed by atoms with van der Waals surface area (Å²) in [6, 6.07) is 5.76. The van der Waals surface area contributed by atoms with E-state index in [9.17, 15) is 0 Å². The third-order valence-electron chi connectivity index (χ3n) is 7.48. The van der Waals surface area contributed by atoms with Gasteiger partial charge < -0.3 is 25.1 Å². The number of anilines is 1. The van der Waals surface area contributed by atoms with E-state index in [0.29, 0.717) is 46.8 Å². The molecule has 3 fully saturated rings. The summed E-state index contributed by atoms with van der Waals surface area (Å²) in [4.78, 5) is 11.3. The number of ether oxygens (including phenoxy) is 2. The highest BCUT2D eigenvalue weighted by Gasteiger charge is 2.36. The molecular formula is C25H31FN6O2. The van der Waals surface area contributed by atoms with Crippen molar-refractivity contribution in [2.24, 2.45) is 0 Å². The minimum Gasteiger partial charge on any atom is -0.491 e. The number of fused-ring (bicyclic) bond motifs is 1. The zero-order valence-electron chi connectivity index (χ0n) is 19.3. The lowest BCUT2D eigenvalue weighted by Crippen LogP contribution is -2.53. The molecule has 1 atom stereocenters. The molecule has 0 bridgehead atoms. The molecule has 4 heterocycles. The van der Waals surface area contributed by atoms with Crippen LogP contribution in [0.3, 0.4) is 0 Å². The molecule has 34 heavy (non-hydrogen) atoms. The van der Waals surface area contributed by atoms with Gasteiger partial charge in [-0.3, -0.25) is 4.90 Å². The first-order valence-corrected chi connectivity index (χ1v) is 12.3. The van der Waals surface area contributed by atoms with E-state index in [0.717, 1.165) is 64.1 Å². The third-order valence-corrected chi connectivity index (χ3v) is 7.48. The molecule has 1 aromatic carbocycles. The van der Waals surface area contributed by atoms with Gasteiger partial charge in [0.05, 0.1) is 11.5 Å². The van der Waals surface area contributed by atoms with Crippen molar-refractivity contribution in [3.8, 4) is 16.9 Å². The van der Waals surface area contributed by atoms with Crippen LogP contribution in [0, 0.1) is 5.82 Å². The highest BCUT2D eigenvalue weighted by atomic mass is 19.1. The van der Waals surface area contributed by atoms with Crippen LogP contribution in [0.4, 0.5) is 10.2 Å². The lowest BCUT2D eigenvalue weighted by Gasteiger charge is -2.45. The van der Waals surface area contributed by atoms with Gasteiger partial charge in [0.2, 0.25) is 0 Å². The van der Waals surface area contributed by atoms with E-state index < -0.39 is 0 Å². The smallest absolute Gasteiger partial charge is 0.146 e. The standard InChI is InChI=1S/C25H31FN6O2/c26-22-4-3-18(34-14-19-2-1-9-33-19)12-20(22)21-13-32(25-23(21)24(27)29-15-30-25)17-10-16(11-17)31-7-5-28-6-8-31/h3-4,12-13,15-17,19,28H,1-2,5-11,14H2,(H2,27,29,30)/t16-,17+,19-/m0/s1. The quantitative estimate of drug-likeness (QED) is 0.577. The molecular weight excluding hydrogens is 435 g/mol.